The Hall–Kier alpha value is -1.22. The fourth-order valence-corrected chi connectivity index (χ4v) is 3.78. The first-order chi connectivity index (χ1) is 9.47. The number of aromatic nitrogens is 2. The summed E-state index contributed by atoms with van der Waals surface area (Å²) in [4.78, 5) is 8.08. The summed E-state index contributed by atoms with van der Waals surface area (Å²) in [6.45, 7) is 2.38. The number of thiophene rings is 1. The van der Waals surface area contributed by atoms with Gasteiger partial charge < -0.3 is 5.32 Å². The molecule has 0 bridgehead atoms. The molecule has 0 spiro atoms. The highest BCUT2D eigenvalue weighted by atomic mass is 35.5. The molecule has 0 radical (unpaired) electrons. The van der Waals surface area contributed by atoms with Crippen LogP contribution in [0.5, 0.6) is 0 Å². The standard InChI is InChI=1S/C11H13ClN4O2S2/c1-8-15-9(12)7-10(16-8)13-4-5-14-20(17,18)11-3-2-6-19-11/h2-3,6-7,14H,4-5H2,1H3,(H,13,15,16). The van der Waals surface area contributed by atoms with Crippen molar-refractivity contribution in [3.63, 3.8) is 0 Å². The molecular formula is C11H13ClN4O2S2. The molecule has 20 heavy (non-hydrogen) atoms. The number of hydrogen-bond donors (Lipinski definition) is 2. The minimum Gasteiger partial charge on any atom is -0.369 e. The molecule has 9 heteroatoms. The number of nitrogens with one attached hydrogen (secondary N) is 2. The zero-order chi connectivity index (χ0) is 14.6. The number of halogens is 1. The minimum absolute atomic E-state index is 0.251. The van der Waals surface area contributed by atoms with Crippen molar-refractivity contribution in [2.24, 2.45) is 0 Å². The van der Waals surface area contributed by atoms with Crippen LogP contribution < -0.4 is 10.0 Å². The van der Waals surface area contributed by atoms with Gasteiger partial charge in [-0.05, 0) is 18.4 Å². The number of aryl methyl sites for hydroxylation is 1. The lowest BCUT2D eigenvalue weighted by Crippen LogP contribution is -2.28. The van der Waals surface area contributed by atoms with Gasteiger partial charge in [-0.25, -0.2) is 23.1 Å². The zero-order valence-electron chi connectivity index (χ0n) is 10.6. The van der Waals surface area contributed by atoms with Gasteiger partial charge in [-0.2, -0.15) is 0 Å². The van der Waals surface area contributed by atoms with E-state index in [9.17, 15) is 8.42 Å². The molecule has 0 amide bonds. The first-order valence-electron chi connectivity index (χ1n) is 5.75. The highest BCUT2D eigenvalue weighted by Gasteiger charge is 2.13. The van der Waals surface area contributed by atoms with Crippen LogP contribution in [0.3, 0.4) is 0 Å². The first-order valence-corrected chi connectivity index (χ1v) is 8.50. The van der Waals surface area contributed by atoms with Gasteiger partial charge in [-0.15, -0.1) is 11.3 Å². The Labute approximate surface area is 126 Å². The van der Waals surface area contributed by atoms with E-state index in [1.165, 1.54) is 11.3 Å². The average Bonchev–Trinajstić information content (AvgIpc) is 2.88. The first kappa shape index (κ1) is 15.2. The van der Waals surface area contributed by atoms with E-state index < -0.39 is 10.0 Å². The SMILES string of the molecule is Cc1nc(Cl)cc(NCCNS(=O)(=O)c2cccs2)n1. The van der Waals surface area contributed by atoms with E-state index in [0.29, 0.717) is 27.5 Å². The molecule has 2 heterocycles. The third-order valence-corrected chi connectivity index (χ3v) is 5.34. The second kappa shape index (κ2) is 6.49. The van der Waals surface area contributed by atoms with Crippen LogP contribution in [0.4, 0.5) is 5.82 Å². The van der Waals surface area contributed by atoms with E-state index in [0.717, 1.165) is 0 Å². The molecule has 0 aliphatic heterocycles. The Bertz CT molecular complexity index is 653. The largest absolute Gasteiger partial charge is 0.369 e. The fraction of sp³-hybridized carbons (Fsp3) is 0.273. The van der Waals surface area contributed by atoms with E-state index in [2.05, 4.69) is 20.0 Å². The summed E-state index contributed by atoms with van der Waals surface area (Å²) in [5.41, 5.74) is 0. The van der Waals surface area contributed by atoms with Gasteiger partial charge >= 0.3 is 0 Å². The number of nitrogens with zero attached hydrogens (tertiary/aromatic N) is 2. The summed E-state index contributed by atoms with van der Waals surface area (Å²) in [5, 5.41) is 5.05. The molecule has 0 aliphatic carbocycles. The highest BCUT2D eigenvalue weighted by Crippen LogP contribution is 2.15. The monoisotopic (exact) mass is 332 g/mol. The van der Waals surface area contributed by atoms with Crippen molar-refractivity contribution < 1.29 is 8.42 Å². The van der Waals surface area contributed by atoms with E-state index >= 15 is 0 Å². The maximum atomic E-state index is 11.8. The summed E-state index contributed by atoms with van der Waals surface area (Å²) in [7, 11) is -3.42. The van der Waals surface area contributed by atoms with Crippen molar-refractivity contribution in [3.8, 4) is 0 Å². The average molecular weight is 333 g/mol. The van der Waals surface area contributed by atoms with Crippen LogP contribution in [0.25, 0.3) is 0 Å². The third kappa shape index (κ3) is 4.14. The van der Waals surface area contributed by atoms with E-state index in [1.807, 2.05) is 0 Å². The van der Waals surface area contributed by atoms with Gasteiger partial charge in [0.15, 0.2) is 0 Å². The van der Waals surface area contributed by atoms with E-state index in [4.69, 9.17) is 11.6 Å². The molecule has 0 unspecified atom stereocenters. The molecule has 0 aromatic carbocycles. The van der Waals surface area contributed by atoms with Gasteiger partial charge in [0.25, 0.3) is 0 Å². The molecule has 0 fully saturated rings. The van der Waals surface area contributed by atoms with Crippen LogP contribution in [0.2, 0.25) is 5.15 Å². The number of hydrogen-bond acceptors (Lipinski definition) is 6. The summed E-state index contributed by atoms with van der Waals surface area (Å²) in [6.07, 6.45) is 0. The van der Waals surface area contributed by atoms with Gasteiger partial charge in [0.05, 0.1) is 0 Å². The van der Waals surface area contributed by atoms with Crippen LogP contribution in [0.1, 0.15) is 5.82 Å². The maximum Gasteiger partial charge on any atom is 0.250 e. The van der Waals surface area contributed by atoms with E-state index in [-0.39, 0.29) is 6.54 Å². The number of anilines is 1. The topological polar surface area (TPSA) is 84.0 Å². The minimum atomic E-state index is -3.42. The predicted molar refractivity (Wildman–Crippen MR) is 79.8 cm³/mol. The predicted octanol–water partition coefficient (Wildman–Crippen LogP) is 1.89. The van der Waals surface area contributed by atoms with Crippen molar-refractivity contribution in [1.29, 1.82) is 0 Å². The lowest BCUT2D eigenvalue weighted by Gasteiger charge is -2.07. The van der Waals surface area contributed by atoms with Crippen molar-refractivity contribution >= 4 is 38.8 Å². The smallest absolute Gasteiger partial charge is 0.250 e. The normalized spacial score (nSPS) is 11.5. The Morgan fingerprint density at radius 3 is 2.80 bits per heavy atom. The molecule has 2 aromatic heterocycles. The summed E-state index contributed by atoms with van der Waals surface area (Å²) >= 11 is 6.98. The van der Waals surface area contributed by atoms with Crippen LogP contribution in [-0.2, 0) is 10.0 Å². The highest BCUT2D eigenvalue weighted by molar-refractivity contribution is 7.91. The second-order valence-electron chi connectivity index (χ2n) is 3.88. The van der Waals surface area contributed by atoms with Gasteiger partial charge in [0, 0.05) is 19.2 Å². The van der Waals surface area contributed by atoms with Crippen LogP contribution >= 0.6 is 22.9 Å². The molecule has 108 valence electrons. The quantitative estimate of drug-likeness (QED) is 0.623. The molecule has 2 aromatic rings. The van der Waals surface area contributed by atoms with Gasteiger partial charge in [-0.3, -0.25) is 0 Å². The Morgan fingerprint density at radius 1 is 1.35 bits per heavy atom. The Morgan fingerprint density at radius 2 is 2.15 bits per heavy atom. The summed E-state index contributed by atoms with van der Waals surface area (Å²) < 4.78 is 26.5. The van der Waals surface area contributed by atoms with Crippen molar-refractivity contribution in [1.82, 2.24) is 14.7 Å². The maximum absolute atomic E-state index is 11.8. The van der Waals surface area contributed by atoms with Crippen molar-refractivity contribution in [2.75, 3.05) is 18.4 Å². The molecule has 0 atom stereocenters. The lowest BCUT2D eigenvalue weighted by atomic mass is 10.5. The second-order valence-corrected chi connectivity index (χ2v) is 7.21. The molecule has 0 saturated heterocycles. The van der Waals surface area contributed by atoms with Gasteiger partial charge in [0.1, 0.15) is 21.0 Å². The molecule has 0 aliphatic rings. The third-order valence-electron chi connectivity index (χ3n) is 2.29. The lowest BCUT2D eigenvalue weighted by molar-refractivity contribution is 0.585. The van der Waals surface area contributed by atoms with Crippen LogP contribution in [-0.4, -0.2) is 31.5 Å². The van der Waals surface area contributed by atoms with Crippen molar-refractivity contribution in [2.45, 2.75) is 11.1 Å². The molecule has 0 saturated carbocycles. The van der Waals surface area contributed by atoms with Crippen LogP contribution in [0, 0.1) is 6.92 Å². The summed E-state index contributed by atoms with van der Waals surface area (Å²) in [6, 6.07) is 4.85. The Balaban J connectivity index is 1.85. The number of rotatable bonds is 6. The van der Waals surface area contributed by atoms with Gasteiger partial charge in [0.2, 0.25) is 10.0 Å². The van der Waals surface area contributed by atoms with Crippen LogP contribution in [0.15, 0.2) is 27.8 Å². The summed E-state index contributed by atoms with van der Waals surface area (Å²) in [5.74, 6) is 1.12. The molecular weight excluding hydrogens is 320 g/mol. The van der Waals surface area contributed by atoms with Gasteiger partial charge in [-0.1, -0.05) is 17.7 Å². The molecule has 2 rings (SSSR count). The van der Waals surface area contributed by atoms with Crippen molar-refractivity contribution in [3.05, 3.63) is 34.6 Å². The molecule has 2 N–H and O–H groups in total. The Kier molecular flexibility index (Phi) is 4.92. The number of sulfonamides is 1. The van der Waals surface area contributed by atoms with E-state index in [1.54, 1.807) is 30.5 Å². The zero-order valence-corrected chi connectivity index (χ0v) is 13.0. The molecule has 6 nitrogen and oxygen atoms in total. The fourth-order valence-electron chi connectivity index (χ4n) is 1.49.